The topological polar surface area (TPSA) is 49.8 Å². The fraction of sp³-hybridized carbons (Fsp3) is 0.562. The molecule has 1 saturated heterocycles. The van der Waals surface area contributed by atoms with Crippen LogP contribution in [0.4, 0.5) is 0 Å². The van der Waals surface area contributed by atoms with Crippen molar-refractivity contribution in [2.75, 3.05) is 13.2 Å². The van der Waals surface area contributed by atoms with E-state index in [1.165, 1.54) is 6.42 Å². The summed E-state index contributed by atoms with van der Waals surface area (Å²) in [5.74, 6) is -0.0479. The number of aliphatic carboxylic acids is 1. The average Bonchev–Trinajstić information content (AvgIpc) is 2.42. The van der Waals surface area contributed by atoms with Crippen molar-refractivity contribution in [1.29, 1.82) is 0 Å². The minimum atomic E-state index is -0.785. The van der Waals surface area contributed by atoms with Crippen LogP contribution in [0, 0.1) is 0 Å². The maximum atomic E-state index is 11.7. The lowest BCUT2D eigenvalue weighted by atomic mass is 9.97. The second kappa shape index (κ2) is 6.75. The second-order valence-corrected chi connectivity index (χ2v) is 5.33. The monoisotopic (exact) mass is 277 g/mol. The minimum absolute atomic E-state index is 0.306. The Hall–Kier alpha value is -1.55. The molecule has 0 aliphatic carbocycles. The molecule has 1 aromatic carbocycles. The Morgan fingerprint density at radius 1 is 1.50 bits per heavy atom. The van der Waals surface area contributed by atoms with Crippen LogP contribution in [0.25, 0.3) is 0 Å². The zero-order valence-electron chi connectivity index (χ0n) is 12.2. The number of rotatable bonds is 5. The van der Waals surface area contributed by atoms with E-state index in [0.29, 0.717) is 12.6 Å². The Balaban J connectivity index is 2.28. The van der Waals surface area contributed by atoms with Gasteiger partial charge in [0.15, 0.2) is 0 Å². The third-order valence-electron chi connectivity index (χ3n) is 3.90. The Bertz CT molecular complexity index is 461. The van der Waals surface area contributed by atoms with Crippen LogP contribution in [0.3, 0.4) is 0 Å². The first-order valence-corrected chi connectivity index (χ1v) is 7.34. The summed E-state index contributed by atoms with van der Waals surface area (Å²) in [7, 11) is 0. The van der Waals surface area contributed by atoms with Crippen LogP contribution >= 0.6 is 0 Å². The normalized spacial score (nSPS) is 21.4. The van der Waals surface area contributed by atoms with E-state index in [4.69, 9.17) is 4.74 Å². The van der Waals surface area contributed by atoms with Gasteiger partial charge in [0.2, 0.25) is 0 Å². The molecule has 0 radical (unpaired) electrons. The van der Waals surface area contributed by atoms with Crippen LogP contribution in [-0.4, -0.2) is 35.2 Å². The molecule has 1 aliphatic rings. The molecule has 20 heavy (non-hydrogen) atoms. The molecule has 4 heteroatoms. The lowest BCUT2D eigenvalue weighted by Gasteiger charge is -2.37. The van der Waals surface area contributed by atoms with E-state index >= 15 is 0 Å². The minimum Gasteiger partial charge on any atom is -0.494 e. The molecule has 2 atom stereocenters. The summed E-state index contributed by atoms with van der Waals surface area (Å²) in [5.41, 5.74) is 0.803. The quantitative estimate of drug-likeness (QED) is 0.898. The highest BCUT2D eigenvalue weighted by atomic mass is 16.5. The maximum absolute atomic E-state index is 11.7. The van der Waals surface area contributed by atoms with Crippen molar-refractivity contribution in [3.63, 3.8) is 0 Å². The highest BCUT2D eigenvalue weighted by molar-refractivity contribution is 5.75. The molecule has 0 aromatic heterocycles. The Morgan fingerprint density at radius 3 is 2.95 bits per heavy atom. The fourth-order valence-electron chi connectivity index (χ4n) is 2.92. The maximum Gasteiger partial charge on any atom is 0.325 e. The number of hydrogen-bond donors (Lipinski definition) is 1. The molecule has 4 nitrogen and oxygen atoms in total. The van der Waals surface area contributed by atoms with E-state index in [1.54, 1.807) is 0 Å². The number of nitrogens with zero attached hydrogens (tertiary/aromatic N) is 1. The van der Waals surface area contributed by atoms with Crippen LogP contribution in [-0.2, 0) is 4.79 Å². The highest BCUT2D eigenvalue weighted by Crippen LogP contribution is 2.30. The molecule has 0 saturated carbocycles. The van der Waals surface area contributed by atoms with Crippen LogP contribution in [0.15, 0.2) is 24.3 Å². The molecule has 1 fully saturated rings. The summed E-state index contributed by atoms with van der Waals surface area (Å²) in [5, 5.41) is 9.64. The molecule has 1 aromatic rings. The Morgan fingerprint density at radius 2 is 2.30 bits per heavy atom. The predicted molar refractivity (Wildman–Crippen MR) is 78.0 cm³/mol. The molecule has 0 spiro atoms. The van der Waals surface area contributed by atoms with Gasteiger partial charge in [-0.3, -0.25) is 9.69 Å². The van der Waals surface area contributed by atoms with E-state index in [-0.39, 0.29) is 0 Å². The van der Waals surface area contributed by atoms with E-state index < -0.39 is 12.0 Å². The fourth-order valence-corrected chi connectivity index (χ4v) is 2.92. The van der Waals surface area contributed by atoms with Gasteiger partial charge in [0.05, 0.1) is 6.61 Å². The van der Waals surface area contributed by atoms with Crippen molar-refractivity contribution >= 4 is 5.97 Å². The van der Waals surface area contributed by atoms with Gasteiger partial charge in [-0.2, -0.15) is 0 Å². The SMILES string of the molecule is CCOc1cccc(C(C(=O)O)N2CCCCC2C)c1. The van der Waals surface area contributed by atoms with Crippen LogP contribution < -0.4 is 4.74 Å². The summed E-state index contributed by atoms with van der Waals surface area (Å²) in [6.07, 6.45) is 3.32. The molecule has 1 aliphatic heterocycles. The van der Waals surface area contributed by atoms with Gasteiger partial charge in [0, 0.05) is 6.04 Å². The van der Waals surface area contributed by atoms with Crippen molar-refractivity contribution in [3.8, 4) is 5.75 Å². The highest BCUT2D eigenvalue weighted by Gasteiger charge is 2.32. The third-order valence-corrected chi connectivity index (χ3v) is 3.90. The van der Waals surface area contributed by atoms with Crippen molar-refractivity contribution in [1.82, 2.24) is 4.90 Å². The molecule has 2 unspecified atom stereocenters. The number of likely N-dealkylation sites (tertiary alicyclic amines) is 1. The van der Waals surface area contributed by atoms with Crippen LogP contribution in [0.2, 0.25) is 0 Å². The van der Waals surface area contributed by atoms with Gasteiger partial charge in [-0.15, -0.1) is 0 Å². The third kappa shape index (κ3) is 3.31. The van der Waals surface area contributed by atoms with Gasteiger partial charge < -0.3 is 9.84 Å². The largest absolute Gasteiger partial charge is 0.494 e. The smallest absolute Gasteiger partial charge is 0.325 e. The summed E-state index contributed by atoms with van der Waals surface area (Å²) >= 11 is 0. The number of carbonyl (C=O) groups is 1. The molecule has 1 heterocycles. The molecule has 0 bridgehead atoms. The molecular formula is C16H23NO3. The summed E-state index contributed by atoms with van der Waals surface area (Å²) in [6, 6.07) is 7.19. The predicted octanol–water partition coefficient (Wildman–Crippen LogP) is 3.09. The number of carboxylic acids is 1. The standard InChI is InChI=1S/C16H23NO3/c1-3-20-14-9-6-8-13(11-14)15(16(18)19)17-10-5-4-7-12(17)2/h6,8-9,11-12,15H,3-5,7,10H2,1-2H3,(H,18,19). The Labute approximate surface area is 120 Å². The average molecular weight is 277 g/mol. The number of ether oxygens (including phenoxy) is 1. The molecule has 1 N–H and O–H groups in total. The van der Waals surface area contributed by atoms with Gasteiger partial charge in [0.1, 0.15) is 11.8 Å². The molecule has 0 amide bonds. The second-order valence-electron chi connectivity index (χ2n) is 5.33. The van der Waals surface area contributed by atoms with E-state index in [9.17, 15) is 9.90 Å². The summed E-state index contributed by atoms with van der Waals surface area (Å²) in [4.78, 5) is 13.8. The van der Waals surface area contributed by atoms with Gasteiger partial charge in [-0.25, -0.2) is 0 Å². The van der Waals surface area contributed by atoms with E-state index in [0.717, 1.165) is 30.7 Å². The first-order chi connectivity index (χ1) is 9.63. The lowest BCUT2D eigenvalue weighted by molar-refractivity contribution is -0.145. The lowest BCUT2D eigenvalue weighted by Crippen LogP contribution is -2.43. The van der Waals surface area contributed by atoms with Crippen molar-refractivity contribution < 1.29 is 14.6 Å². The Kier molecular flexibility index (Phi) is 5.01. The van der Waals surface area contributed by atoms with Gasteiger partial charge >= 0.3 is 5.97 Å². The molecular weight excluding hydrogens is 254 g/mol. The van der Waals surface area contributed by atoms with Crippen molar-refractivity contribution in [2.45, 2.75) is 45.2 Å². The van der Waals surface area contributed by atoms with Gasteiger partial charge in [0.25, 0.3) is 0 Å². The van der Waals surface area contributed by atoms with Crippen LogP contribution in [0.1, 0.15) is 44.7 Å². The summed E-state index contributed by atoms with van der Waals surface area (Å²) < 4.78 is 5.48. The summed E-state index contributed by atoms with van der Waals surface area (Å²) in [6.45, 7) is 5.47. The number of hydrogen-bond acceptors (Lipinski definition) is 3. The van der Waals surface area contributed by atoms with Crippen molar-refractivity contribution in [2.24, 2.45) is 0 Å². The first-order valence-electron chi connectivity index (χ1n) is 7.34. The first kappa shape index (κ1) is 14.9. The zero-order valence-corrected chi connectivity index (χ0v) is 12.2. The van der Waals surface area contributed by atoms with Crippen LogP contribution in [0.5, 0.6) is 5.75 Å². The number of benzene rings is 1. The molecule has 110 valence electrons. The van der Waals surface area contributed by atoms with Gasteiger partial charge in [-0.1, -0.05) is 18.6 Å². The number of piperidine rings is 1. The van der Waals surface area contributed by atoms with Gasteiger partial charge in [-0.05, 0) is 50.9 Å². The molecule has 2 rings (SSSR count). The van der Waals surface area contributed by atoms with E-state index in [1.807, 2.05) is 31.2 Å². The zero-order chi connectivity index (χ0) is 14.5. The van der Waals surface area contributed by atoms with Crippen molar-refractivity contribution in [3.05, 3.63) is 29.8 Å². The number of carboxylic acid groups (broad SMARTS) is 1. The van der Waals surface area contributed by atoms with E-state index in [2.05, 4.69) is 11.8 Å².